The predicted molar refractivity (Wildman–Crippen MR) is 89.9 cm³/mol. The van der Waals surface area contributed by atoms with Gasteiger partial charge >= 0.3 is 0 Å². The van der Waals surface area contributed by atoms with Gasteiger partial charge in [0.25, 0.3) is 6.01 Å². The Morgan fingerprint density at radius 3 is 2.58 bits per heavy atom. The first kappa shape index (κ1) is 14.9. The molecule has 1 aromatic carbocycles. The Hall–Kier alpha value is -2.70. The van der Waals surface area contributed by atoms with Crippen molar-refractivity contribution in [3.05, 3.63) is 41.6 Å². The Balaban J connectivity index is 1.52. The average Bonchev–Trinajstić information content (AvgIpc) is 3.00. The highest BCUT2D eigenvalue weighted by Gasteiger charge is 2.23. The van der Waals surface area contributed by atoms with Gasteiger partial charge in [-0.15, -0.1) is 0 Å². The smallest absolute Gasteiger partial charge is 0.298 e. The first-order chi connectivity index (χ1) is 11.6. The average molecular weight is 327 g/mol. The van der Waals surface area contributed by atoms with E-state index in [2.05, 4.69) is 24.8 Å². The first-order valence-electron chi connectivity index (χ1n) is 7.96. The topological polar surface area (TPSA) is 58.3 Å². The number of anilines is 2. The van der Waals surface area contributed by atoms with Crippen LogP contribution >= 0.6 is 0 Å². The highest BCUT2D eigenvalue weighted by atomic mass is 19.1. The number of fused-ring (bicyclic) bond motifs is 1. The summed E-state index contributed by atoms with van der Waals surface area (Å²) in [6.07, 6.45) is 1.61. The van der Waals surface area contributed by atoms with Crippen LogP contribution in [-0.4, -0.2) is 41.1 Å². The van der Waals surface area contributed by atoms with E-state index >= 15 is 0 Å². The zero-order valence-electron chi connectivity index (χ0n) is 13.7. The van der Waals surface area contributed by atoms with E-state index in [9.17, 15) is 4.39 Å². The number of hydrogen-bond acceptors (Lipinski definition) is 6. The third-order valence-corrected chi connectivity index (χ3v) is 4.50. The molecule has 124 valence electrons. The molecule has 0 amide bonds. The molecule has 0 aliphatic carbocycles. The maximum Gasteiger partial charge on any atom is 0.298 e. The van der Waals surface area contributed by atoms with E-state index < -0.39 is 0 Å². The van der Waals surface area contributed by atoms with Crippen molar-refractivity contribution in [2.24, 2.45) is 0 Å². The molecule has 1 aliphatic heterocycles. The second-order valence-corrected chi connectivity index (χ2v) is 5.99. The zero-order valence-corrected chi connectivity index (χ0v) is 13.7. The van der Waals surface area contributed by atoms with Crippen molar-refractivity contribution in [3.63, 3.8) is 0 Å². The summed E-state index contributed by atoms with van der Waals surface area (Å²) in [6, 6.07) is 4.95. The summed E-state index contributed by atoms with van der Waals surface area (Å²) in [5.74, 6) is 0.673. The molecule has 0 saturated carbocycles. The van der Waals surface area contributed by atoms with Gasteiger partial charge in [-0.3, -0.25) is 0 Å². The summed E-state index contributed by atoms with van der Waals surface area (Å²) in [4.78, 5) is 17.4. The maximum absolute atomic E-state index is 13.3. The summed E-state index contributed by atoms with van der Waals surface area (Å²) < 4.78 is 19.0. The molecule has 6 nitrogen and oxygen atoms in total. The van der Waals surface area contributed by atoms with E-state index in [1.807, 2.05) is 13.8 Å². The number of piperazine rings is 1. The number of aromatic nitrogens is 3. The van der Waals surface area contributed by atoms with Gasteiger partial charge in [0.05, 0.1) is 0 Å². The van der Waals surface area contributed by atoms with Crippen LogP contribution in [0.15, 0.2) is 28.9 Å². The highest BCUT2D eigenvalue weighted by Crippen LogP contribution is 2.25. The van der Waals surface area contributed by atoms with Gasteiger partial charge < -0.3 is 14.2 Å². The van der Waals surface area contributed by atoms with E-state index in [1.165, 1.54) is 12.1 Å². The molecule has 0 radical (unpaired) electrons. The Bertz CT molecular complexity index is 886. The molecule has 2 aromatic heterocycles. The molecule has 1 saturated heterocycles. The summed E-state index contributed by atoms with van der Waals surface area (Å²) >= 11 is 0. The molecule has 0 unspecified atom stereocenters. The van der Waals surface area contributed by atoms with Crippen LogP contribution in [0.5, 0.6) is 0 Å². The van der Waals surface area contributed by atoms with Crippen molar-refractivity contribution >= 4 is 22.9 Å². The third kappa shape index (κ3) is 2.55. The van der Waals surface area contributed by atoms with Crippen LogP contribution in [0.2, 0.25) is 0 Å². The molecule has 3 heterocycles. The number of rotatable bonds is 2. The summed E-state index contributed by atoms with van der Waals surface area (Å²) in [5, 5.41) is 0. The molecule has 0 atom stereocenters. The first-order valence-corrected chi connectivity index (χ1v) is 7.96. The number of halogens is 1. The van der Waals surface area contributed by atoms with Gasteiger partial charge in [0.1, 0.15) is 23.5 Å². The van der Waals surface area contributed by atoms with Crippen molar-refractivity contribution in [3.8, 4) is 0 Å². The lowest BCUT2D eigenvalue weighted by molar-refractivity contribution is 0.537. The summed E-state index contributed by atoms with van der Waals surface area (Å²) in [5.41, 5.74) is 3.28. The van der Waals surface area contributed by atoms with E-state index in [-0.39, 0.29) is 5.82 Å². The van der Waals surface area contributed by atoms with Crippen molar-refractivity contribution in [1.82, 2.24) is 15.0 Å². The van der Waals surface area contributed by atoms with Gasteiger partial charge in [-0.2, -0.15) is 4.98 Å². The number of aryl methyl sites for hydroxylation is 1. The number of benzene rings is 1. The van der Waals surface area contributed by atoms with Crippen LogP contribution in [0.3, 0.4) is 0 Å². The fourth-order valence-corrected chi connectivity index (χ4v) is 2.98. The molecule has 1 aliphatic rings. The van der Waals surface area contributed by atoms with Gasteiger partial charge in [-0.25, -0.2) is 14.4 Å². The quantitative estimate of drug-likeness (QED) is 0.721. The van der Waals surface area contributed by atoms with Crippen molar-refractivity contribution in [1.29, 1.82) is 0 Å². The van der Waals surface area contributed by atoms with Gasteiger partial charge in [0, 0.05) is 43.5 Å². The predicted octanol–water partition coefficient (Wildman–Crippen LogP) is 2.70. The molecule has 24 heavy (non-hydrogen) atoms. The van der Waals surface area contributed by atoms with Crippen LogP contribution < -0.4 is 9.80 Å². The Labute approximate surface area is 138 Å². The summed E-state index contributed by atoms with van der Waals surface area (Å²) in [7, 11) is 0. The molecule has 3 aromatic rings. The van der Waals surface area contributed by atoms with Gasteiger partial charge in [-0.05, 0) is 26.0 Å². The maximum atomic E-state index is 13.3. The lowest BCUT2D eigenvalue weighted by Crippen LogP contribution is -2.47. The number of nitrogens with zero attached hydrogens (tertiary/aromatic N) is 5. The molecule has 0 bridgehead atoms. The lowest BCUT2D eigenvalue weighted by Gasteiger charge is -2.35. The molecule has 0 spiro atoms. The minimum absolute atomic E-state index is 0.315. The largest absolute Gasteiger partial charge is 0.423 e. The second-order valence-electron chi connectivity index (χ2n) is 5.99. The molecular formula is C17H18FN5O. The number of oxazole rings is 1. The van der Waals surface area contributed by atoms with Crippen molar-refractivity contribution < 1.29 is 8.81 Å². The fraction of sp³-hybridized carbons (Fsp3) is 0.353. The van der Waals surface area contributed by atoms with Crippen molar-refractivity contribution in [2.45, 2.75) is 13.8 Å². The van der Waals surface area contributed by atoms with E-state index in [0.29, 0.717) is 17.1 Å². The van der Waals surface area contributed by atoms with Crippen LogP contribution in [0.4, 0.5) is 16.2 Å². The Morgan fingerprint density at radius 2 is 1.79 bits per heavy atom. The Kier molecular flexibility index (Phi) is 3.55. The van der Waals surface area contributed by atoms with E-state index in [1.54, 1.807) is 12.4 Å². The standard InChI is InChI=1S/C17H18FN5O/c1-11-12(2)19-10-20-16(11)22-5-7-23(8-6-22)17-21-14-4-3-13(18)9-15(14)24-17/h3-4,9-10H,5-8H2,1-2H3. The van der Waals surface area contributed by atoms with Crippen LogP contribution in [-0.2, 0) is 0 Å². The monoisotopic (exact) mass is 327 g/mol. The minimum Gasteiger partial charge on any atom is -0.423 e. The summed E-state index contributed by atoms with van der Waals surface area (Å²) in [6.45, 7) is 7.24. The molecule has 1 fully saturated rings. The highest BCUT2D eigenvalue weighted by molar-refractivity contribution is 5.74. The molecule has 0 N–H and O–H groups in total. The lowest BCUT2D eigenvalue weighted by atomic mass is 10.2. The van der Waals surface area contributed by atoms with Crippen molar-refractivity contribution in [2.75, 3.05) is 36.0 Å². The zero-order chi connectivity index (χ0) is 16.7. The van der Waals surface area contributed by atoms with Crippen LogP contribution in [0, 0.1) is 19.7 Å². The van der Waals surface area contributed by atoms with Gasteiger partial charge in [0.15, 0.2) is 5.58 Å². The van der Waals surface area contributed by atoms with Crippen LogP contribution in [0.1, 0.15) is 11.3 Å². The third-order valence-electron chi connectivity index (χ3n) is 4.50. The minimum atomic E-state index is -0.315. The number of hydrogen-bond donors (Lipinski definition) is 0. The Morgan fingerprint density at radius 1 is 1.04 bits per heavy atom. The van der Waals surface area contributed by atoms with E-state index in [0.717, 1.165) is 43.3 Å². The normalized spacial score (nSPS) is 15.3. The molecular weight excluding hydrogens is 309 g/mol. The SMILES string of the molecule is Cc1ncnc(N2CCN(c3nc4ccc(F)cc4o3)CC2)c1C. The van der Waals surface area contributed by atoms with Crippen LogP contribution in [0.25, 0.3) is 11.1 Å². The second kappa shape index (κ2) is 5.74. The van der Waals surface area contributed by atoms with E-state index in [4.69, 9.17) is 4.42 Å². The van der Waals surface area contributed by atoms with Gasteiger partial charge in [0.2, 0.25) is 0 Å². The molecule has 4 rings (SSSR count). The van der Waals surface area contributed by atoms with Gasteiger partial charge in [-0.1, -0.05) is 0 Å². The fourth-order valence-electron chi connectivity index (χ4n) is 2.98. The molecule has 7 heteroatoms.